The number of aromatic nitrogens is 2. The molecule has 2 rings (SSSR count). The van der Waals surface area contributed by atoms with E-state index in [9.17, 15) is 4.39 Å². The van der Waals surface area contributed by atoms with Gasteiger partial charge in [-0.1, -0.05) is 18.2 Å². The monoisotopic (exact) mass is 233 g/mol. The molecule has 17 heavy (non-hydrogen) atoms. The number of benzene rings is 1. The van der Waals surface area contributed by atoms with Gasteiger partial charge in [-0.3, -0.25) is 0 Å². The molecule has 88 valence electrons. The van der Waals surface area contributed by atoms with E-state index in [1.807, 2.05) is 0 Å². The standard InChI is InChI=1S/C12H12FN3O/c13-11-4-2-1-3-9(11)8-17-12-6-5-10(7-14)15-16-12/h1-6H,7-8,14H2. The van der Waals surface area contributed by atoms with Crippen molar-refractivity contribution in [1.29, 1.82) is 0 Å². The summed E-state index contributed by atoms with van der Waals surface area (Å²) in [5.41, 5.74) is 6.56. The Balaban J connectivity index is 2.00. The van der Waals surface area contributed by atoms with Crippen LogP contribution in [0.5, 0.6) is 5.88 Å². The fourth-order valence-corrected chi connectivity index (χ4v) is 1.30. The van der Waals surface area contributed by atoms with Gasteiger partial charge >= 0.3 is 0 Å². The first-order chi connectivity index (χ1) is 8.29. The van der Waals surface area contributed by atoms with Crippen LogP contribution in [0.15, 0.2) is 36.4 Å². The van der Waals surface area contributed by atoms with E-state index < -0.39 is 0 Å². The first-order valence-electron chi connectivity index (χ1n) is 5.18. The third kappa shape index (κ3) is 2.98. The smallest absolute Gasteiger partial charge is 0.233 e. The van der Waals surface area contributed by atoms with Gasteiger partial charge in [0.2, 0.25) is 5.88 Å². The maximum atomic E-state index is 13.3. The normalized spacial score (nSPS) is 10.2. The van der Waals surface area contributed by atoms with Crippen LogP contribution in [-0.4, -0.2) is 10.2 Å². The fraction of sp³-hybridized carbons (Fsp3) is 0.167. The highest BCUT2D eigenvalue weighted by molar-refractivity contribution is 5.18. The maximum Gasteiger partial charge on any atom is 0.233 e. The zero-order chi connectivity index (χ0) is 12.1. The minimum atomic E-state index is -0.293. The van der Waals surface area contributed by atoms with Gasteiger partial charge in [-0.05, 0) is 12.1 Å². The molecule has 0 bridgehead atoms. The van der Waals surface area contributed by atoms with Gasteiger partial charge in [-0.25, -0.2) is 4.39 Å². The Bertz CT molecular complexity index is 487. The molecule has 0 spiro atoms. The molecule has 1 aromatic carbocycles. The molecule has 0 saturated carbocycles. The molecule has 1 heterocycles. The van der Waals surface area contributed by atoms with Crippen LogP contribution in [0.4, 0.5) is 4.39 Å². The molecule has 0 radical (unpaired) electrons. The first-order valence-corrected chi connectivity index (χ1v) is 5.18. The Hall–Kier alpha value is -2.01. The van der Waals surface area contributed by atoms with E-state index in [4.69, 9.17) is 10.5 Å². The molecule has 4 nitrogen and oxygen atoms in total. The van der Waals surface area contributed by atoms with Gasteiger partial charge in [0.05, 0.1) is 5.69 Å². The lowest BCUT2D eigenvalue weighted by atomic mass is 10.2. The number of ether oxygens (including phenoxy) is 1. The van der Waals surface area contributed by atoms with Gasteiger partial charge in [-0.2, -0.15) is 5.10 Å². The van der Waals surface area contributed by atoms with Crippen LogP contribution in [-0.2, 0) is 13.2 Å². The van der Waals surface area contributed by atoms with Crippen molar-refractivity contribution >= 4 is 0 Å². The summed E-state index contributed by atoms with van der Waals surface area (Å²) in [6, 6.07) is 9.83. The Morgan fingerprint density at radius 3 is 2.59 bits per heavy atom. The largest absolute Gasteiger partial charge is 0.472 e. The van der Waals surface area contributed by atoms with Crippen molar-refractivity contribution in [2.75, 3.05) is 0 Å². The first kappa shape index (κ1) is 11.5. The molecule has 0 atom stereocenters. The Labute approximate surface area is 98.2 Å². The lowest BCUT2D eigenvalue weighted by Gasteiger charge is -2.05. The summed E-state index contributed by atoms with van der Waals surface area (Å²) >= 11 is 0. The van der Waals surface area contributed by atoms with Crippen molar-refractivity contribution in [2.45, 2.75) is 13.2 Å². The van der Waals surface area contributed by atoms with Crippen LogP contribution < -0.4 is 10.5 Å². The number of rotatable bonds is 4. The van der Waals surface area contributed by atoms with Gasteiger partial charge in [0.1, 0.15) is 12.4 Å². The van der Waals surface area contributed by atoms with E-state index in [1.54, 1.807) is 30.3 Å². The van der Waals surface area contributed by atoms with Crippen LogP contribution in [0.25, 0.3) is 0 Å². The van der Waals surface area contributed by atoms with Crippen LogP contribution in [0.3, 0.4) is 0 Å². The fourth-order valence-electron chi connectivity index (χ4n) is 1.30. The van der Waals surface area contributed by atoms with Crippen molar-refractivity contribution in [2.24, 2.45) is 5.73 Å². The second-order valence-electron chi connectivity index (χ2n) is 3.45. The summed E-state index contributed by atoms with van der Waals surface area (Å²) in [6.45, 7) is 0.462. The predicted octanol–water partition coefficient (Wildman–Crippen LogP) is 1.65. The zero-order valence-corrected chi connectivity index (χ0v) is 9.14. The second-order valence-corrected chi connectivity index (χ2v) is 3.45. The molecule has 2 aromatic rings. The van der Waals surface area contributed by atoms with Crippen LogP contribution in [0.2, 0.25) is 0 Å². The Morgan fingerprint density at radius 2 is 1.94 bits per heavy atom. The number of halogens is 1. The molecule has 0 aliphatic heterocycles. The van der Waals surface area contributed by atoms with Gasteiger partial charge in [0, 0.05) is 18.2 Å². The van der Waals surface area contributed by atoms with E-state index in [1.165, 1.54) is 6.07 Å². The lowest BCUT2D eigenvalue weighted by Crippen LogP contribution is -2.04. The van der Waals surface area contributed by atoms with Crippen molar-refractivity contribution < 1.29 is 9.13 Å². The van der Waals surface area contributed by atoms with E-state index in [0.717, 1.165) is 0 Å². The quantitative estimate of drug-likeness (QED) is 0.872. The average molecular weight is 233 g/mol. The average Bonchev–Trinajstić information content (AvgIpc) is 2.38. The third-order valence-corrected chi connectivity index (χ3v) is 2.24. The highest BCUT2D eigenvalue weighted by Gasteiger charge is 2.02. The molecule has 0 amide bonds. The number of nitrogens with zero attached hydrogens (tertiary/aromatic N) is 2. The maximum absolute atomic E-state index is 13.3. The number of hydrogen-bond donors (Lipinski definition) is 1. The molecule has 0 fully saturated rings. The van der Waals surface area contributed by atoms with Gasteiger partial charge < -0.3 is 10.5 Å². The highest BCUT2D eigenvalue weighted by Crippen LogP contribution is 2.11. The van der Waals surface area contributed by atoms with Crippen LogP contribution >= 0.6 is 0 Å². The topological polar surface area (TPSA) is 61.0 Å². The van der Waals surface area contributed by atoms with E-state index in [0.29, 0.717) is 23.7 Å². The van der Waals surface area contributed by atoms with E-state index >= 15 is 0 Å². The Kier molecular flexibility index (Phi) is 3.62. The molecule has 2 N–H and O–H groups in total. The van der Waals surface area contributed by atoms with E-state index in [-0.39, 0.29) is 12.4 Å². The van der Waals surface area contributed by atoms with Crippen molar-refractivity contribution in [3.05, 3.63) is 53.5 Å². The predicted molar refractivity (Wildman–Crippen MR) is 60.7 cm³/mol. The van der Waals surface area contributed by atoms with Gasteiger partial charge in [0.25, 0.3) is 0 Å². The summed E-state index contributed by atoms with van der Waals surface area (Å²) in [7, 11) is 0. The molecular formula is C12H12FN3O. The van der Waals surface area contributed by atoms with Crippen molar-refractivity contribution in [3.63, 3.8) is 0 Å². The minimum absolute atomic E-state index is 0.128. The van der Waals surface area contributed by atoms with Crippen LogP contribution in [0.1, 0.15) is 11.3 Å². The van der Waals surface area contributed by atoms with Crippen molar-refractivity contribution in [1.82, 2.24) is 10.2 Å². The lowest BCUT2D eigenvalue weighted by molar-refractivity contribution is 0.284. The molecule has 0 aliphatic rings. The summed E-state index contributed by atoms with van der Waals surface area (Å²) in [4.78, 5) is 0. The molecule has 1 aromatic heterocycles. The van der Waals surface area contributed by atoms with Crippen LogP contribution in [0, 0.1) is 5.82 Å². The number of hydrogen-bond acceptors (Lipinski definition) is 4. The molecule has 5 heteroatoms. The molecule has 0 saturated heterocycles. The minimum Gasteiger partial charge on any atom is -0.472 e. The van der Waals surface area contributed by atoms with Gasteiger partial charge in [-0.15, -0.1) is 5.10 Å². The second kappa shape index (κ2) is 5.36. The molecular weight excluding hydrogens is 221 g/mol. The number of nitrogens with two attached hydrogens (primary N) is 1. The molecule has 0 aliphatic carbocycles. The SMILES string of the molecule is NCc1ccc(OCc2ccccc2F)nn1. The third-order valence-electron chi connectivity index (χ3n) is 2.24. The van der Waals surface area contributed by atoms with Gasteiger partial charge in [0.15, 0.2) is 0 Å². The summed E-state index contributed by atoms with van der Waals surface area (Å²) < 4.78 is 18.6. The van der Waals surface area contributed by atoms with Crippen molar-refractivity contribution in [3.8, 4) is 5.88 Å². The summed E-state index contributed by atoms with van der Waals surface area (Å²) in [6.07, 6.45) is 0. The Morgan fingerprint density at radius 1 is 1.12 bits per heavy atom. The summed E-state index contributed by atoms with van der Waals surface area (Å²) in [5.74, 6) is 0.0597. The molecule has 0 unspecified atom stereocenters. The summed E-state index contributed by atoms with van der Waals surface area (Å²) in [5, 5.41) is 7.66. The zero-order valence-electron chi connectivity index (χ0n) is 9.14. The highest BCUT2D eigenvalue weighted by atomic mass is 19.1. The van der Waals surface area contributed by atoms with E-state index in [2.05, 4.69) is 10.2 Å².